The average molecular weight is 245 g/mol. The number of benzene rings is 1. The van der Waals surface area contributed by atoms with Crippen molar-refractivity contribution in [1.82, 2.24) is 0 Å². The van der Waals surface area contributed by atoms with E-state index in [4.69, 9.17) is 4.74 Å². The van der Waals surface area contributed by atoms with E-state index in [1.807, 2.05) is 0 Å². The van der Waals surface area contributed by atoms with E-state index in [1.165, 1.54) is 13.2 Å². The molecule has 1 N–H and O–H groups in total. The number of halogens is 1. The van der Waals surface area contributed by atoms with Crippen molar-refractivity contribution in [2.45, 2.75) is 6.92 Å². The second kappa shape index (κ2) is 3.79. The number of aromatic hydroxyl groups is 1. The summed E-state index contributed by atoms with van der Waals surface area (Å²) in [5.41, 5.74) is 0.976. The highest BCUT2D eigenvalue weighted by atomic mass is 79.9. The number of carbonyl (C=O) groups excluding carboxylic acids is 1. The lowest BCUT2D eigenvalue weighted by Gasteiger charge is -2.10. The number of phenols is 1. The predicted octanol–water partition coefficient (Wildman–Crippen LogP) is 2.28. The van der Waals surface area contributed by atoms with E-state index < -0.39 is 0 Å². The lowest BCUT2D eigenvalue weighted by Crippen LogP contribution is -1.94. The zero-order chi connectivity index (χ0) is 10.0. The SMILES string of the molecule is COc1c(C=O)cc(Br)c(O)c1C. The first kappa shape index (κ1) is 10.1. The lowest BCUT2D eigenvalue weighted by molar-refractivity contribution is 0.112. The van der Waals surface area contributed by atoms with Gasteiger partial charge in [-0.2, -0.15) is 0 Å². The molecule has 0 aliphatic carbocycles. The van der Waals surface area contributed by atoms with Crippen LogP contribution in [0.3, 0.4) is 0 Å². The van der Waals surface area contributed by atoms with Gasteiger partial charge in [-0.25, -0.2) is 0 Å². The molecule has 0 spiro atoms. The number of methoxy groups -OCH3 is 1. The van der Waals surface area contributed by atoms with Crippen molar-refractivity contribution in [2.24, 2.45) is 0 Å². The van der Waals surface area contributed by atoms with Crippen molar-refractivity contribution in [3.8, 4) is 11.5 Å². The Kier molecular flexibility index (Phi) is 2.93. The van der Waals surface area contributed by atoms with Crippen LogP contribution in [-0.4, -0.2) is 18.5 Å². The zero-order valence-corrected chi connectivity index (χ0v) is 8.88. The molecule has 0 saturated heterocycles. The van der Waals surface area contributed by atoms with E-state index in [0.29, 0.717) is 27.6 Å². The molecule has 1 rings (SSSR count). The quantitative estimate of drug-likeness (QED) is 0.813. The third kappa shape index (κ3) is 1.67. The highest BCUT2D eigenvalue weighted by Crippen LogP contribution is 2.36. The van der Waals surface area contributed by atoms with Gasteiger partial charge in [0.25, 0.3) is 0 Å². The Morgan fingerprint density at radius 2 is 2.23 bits per heavy atom. The van der Waals surface area contributed by atoms with E-state index in [0.717, 1.165) is 0 Å². The molecule has 0 amide bonds. The monoisotopic (exact) mass is 244 g/mol. The van der Waals surface area contributed by atoms with Crippen LogP contribution >= 0.6 is 15.9 Å². The Morgan fingerprint density at radius 3 is 2.69 bits per heavy atom. The molecule has 0 saturated carbocycles. The van der Waals surface area contributed by atoms with Crippen molar-refractivity contribution in [2.75, 3.05) is 7.11 Å². The number of aldehydes is 1. The zero-order valence-electron chi connectivity index (χ0n) is 7.30. The molecule has 1 aromatic carbocycles. The molecule has 0 heterocycles. The molecule has 0 fully saturated rings. The van der Waals surface area contributed by atoms with Crippen LogP contribution in [0.2, 0.25) is 0 Å². The second-order valence-corrected chi connectivity index (χ2v) is 3.43. The number of hydrogen-bond donors (Lipinski definition) is 1. The van der Waals surface area contributed by atoms with Gasteiger partial charge < -0.3 is 9.84 Å². The summed E-state index contributed by atoms with van der Waals surface area (Å²) < 4.78 is 5.48. The standard InChI is InChI=1S/C9H9BrO3/c1-5-8(12)7(10)3-6(4-11)9(5)13-2/h3-4,12H,1-2H3. The molecular formula is C9H9BrO3. The van der Waals surface area contributed by atoms with Crippen LogP contribution in [-0.2, 0) is 0 Å². The van der Waals surface area contributed by atoms with Gasteiger partial charge in [-0.15, -0.1) is 0 Å². The summed E-state index contributed by atoms with van der Waals surface area (Å²) in [6.45, 7) is 1.69. The fraction of sp³-hybridized carbons (Fsp3) is 0.222. The van der Waals surface area contributed by atoms with Crippen molar-refractivity contribution in [1.29, 1.82) is 0 Å². The Bertz CT molecular complexity index is 347. The van der Waals surface area contributed by atoms with Gasteiger partial charge in [-0.05, 0) is 28.9 Å². The molecule has 0 aromatic heterocycles. The van der Waals surface area contributed by atoms with Crippen LogP contribution in [0.4, 0.5) is 0 Å². The maximum absolute atomic E-state index is 10.6. The minimum atomic E-state index is 0.0995. The molecule has 0 aliphatic rings. The van der Waals surface area contributed by atoms with Gasteiger partial charge in [0.2, 0.25) is 0 Å². The number of hydrogen-bond acceptors (Lipinski definition) is 3. The smallest absolute Gasteiger partial charge is 0.153 e. The van der Waals surface area contributed by atoms with Crippen LogP contribution < -0.4 is 4.74 Å². The first-order valence-corrected chi connectivity index (χ1v) is 4.42. The van der Waals surface area contributed by atoms with Crippen LogP contribution in [0.5, 0.6) is 11.5 Å². The summed E-state index contributed by atoms with van der Waals surface area (Å²) in [5.74, 6) is 0.512. The van der Waals surface area contributed by atoms with Gasteiger partial charge >= 0.3 is 0 Å². The van der Waals surface area contributed by atoms with E-state index in [-0.39, 0.29) is 5.75 Å². The van der Waals surface area contributed by atoms with Gasteiger partial charge in [0, 0.05) is 5.56 Å². The molecule has 1 aromatic rings. The van der Waals surface area contributed by atoms with Gasteiger partial charge in [-0.1, -0.05) is 0 Å². The van der Waals surface area contributed by atoms with Crippen LogP contribution in [0.1, 0.15) is 15.9 Å². The number of carbonyl (C=O) groups is 1. The lowest BCUT2D eigenvalue weighted by atomic mass is 10.1. The Morgan fingerprint density at radius 1 is 1.62 bits per heavy atom. The second-order valence-electron chi connectivity index (χ2n) is 2.57. The van der Waals surface area contributed by atoms with Crippen LogP contribution in [0.25, 0.3) is 0 Å². The summed E-state index contributed by atoms with van der Waals surface area (Å²) in [4.78, 5) is 10.6. The molecule has 0 aliphatic heterocycles. The molecule has 0 bridgehead atoms. The number of phenolic OH excluding ortho intramolecular Hbond substituents is 1. The predicted molar refractivity (Wildman–Crippen MR) is 52.5 cm³/mol. The summed E-state index contributed by atoms with van der Waals surface area (Å²) >= 11 is 3.14. The molecule has 13 heavy (non-hydrogen) atoms. The molecule has 0 atom stereocenters. The minimum absolute atomic E-state index is 0.0995. The van der Waals surface area contributed by atoms with E-state index >= 15 is 0 Å². The van der Waals surface area contributed by atoms with E-state index in [9.17, 15) is 9.90 Å². The molecule has 70 valence electrons. The Hall–Kier alpha value is -1.03. The highest BCUT2D eigenvalue weighted by Gasteiger charge is 2.12. The summed E-state index contributed by atoms with van der Waals surface area (Å²) in [5, 5.41) is 9.50. The normalized spacial score (nSPS) is 9.77. The molecule has 0 unspecified atom stereocenters. The van der Waals surface area contributed by atoms with Crippen molar-refractivity contribution in [3.63, 3.8) is 0 Å². The Balaban J connectivity index is 3.47. The topological polar surface area (TPSA) is 46.5 Å². The fourth-order valence-corrected chi connectivity index (χ4v) is 1.68. The van der Waals surface area contributed by atoms with Gasteiger partial charge in [-0.3, -0.25) is 4.79 Å². The van der Waals surface area contributed by atoms with Crippen molar-refractivity contribution in [3.05, 3.63) is 21.7 Å². The summed E-state index contributed by atoms with van der Waals surface area (Å²) in [7, 11) is 1.46. The summed E-state index contributed by atoms with van der Waals surface area (Å²) in [6, 6.07) is 1.52. The number of ether oxygens (including phenoxy) is 1. The first-order valence-electron chi connectivity index (χ1n) is 3.63. The van der Waals surface area contributed by atoms with Crippen LogP contribution in [0.15, 0.2) is 10.5 Å². The maximum atomic E-state index is 10.6. The number of rotatable bonds is 2. The first-order chi connectivity index (χ1) is 6.11. The minimum Gasteiger partial charge on any atom is -0.506 e. The third-order valence-corrected chi connectivity index (χ3v) is 2.40. The van der Waals surface area contributed by atoms with E-state index in [2.05, 4.69) is 15.9 Å². The van der Waals surface area contributed by atoms with E-state index in [1.54, 1.807) is 6.92 Å². The van der Waals surface area contributed by atoms with Gasteiger partial charge in [0.15, 0.2) is 6.29 Å². The highest BCUT2D eigenvalue weighted by molar-refractivity contribution is 9.10. The van der Waals surface area contributed by atoms with Gasteiger partial charge in [0.05, 0.1) is 17.1 Å². The van der Waals surface area contributed by atoms with Gasteiger partial charge in [0.1, 0.15) is 11.5 Å². The van der Waals surface area contributed by atoms with Crippen LogP contribution in [0, 0.1) is 6.92 Å². The fourth-order valence-electron chi connectivity index (χ4n) is 1.13. The largest absolute Gasteiger partial charge is 0.506 e. The van der Waals surface area contributed by atoms with Crippen molar-refractivity contribution < 1.29 is 14.6 Å². The molecule has 3 nitrogen and oxygen atoms in total. The summed E-state index contributed by atoms with van der Waals surface area (Å²) in [6.07, 6.45) is 0.691. The third-order valence-electron chi connectivity index (χ3n) is 1.80. The molecule has 4 heteroatoms. The van der Waals surface area contributed by atoms with Crippen molar-refractivity contribution >= 4 is 22.2 Å². The molecular weight excluding hydrogens is 236 g/mol. The molecule has 0 radical (unpaired) electrons. The Labute approximate surface area is 84.5 Å². The average Bonchev–Trinajstić information content (AvgIpc) is 2.13. The maximum Gasteiger partial charge on any atom is 0.153 e.